The van der Waals surface area contributed by atoms with E-state index in [4.69, 9.17) is 9.26 Å². The van der Waals surface area contributed by atoms with Crippen LogP contribution in [0.2, 0.25) is 0 Å². The van der Waals surface area contributed by atoms with Gasteiger partial charge in [-0.25, -0.2) is 0 Å². The van der Waals surface area contributed by atoms with Crippen LogP contribution in [-0.2, 0) is 27.2 Å². The third kappa shape index (κ3) is 5.36. The first-order valence-electron chi connectivity index (χ1n) is 10.1. The van der Waals surface area contributed by atoms with Crippen molar-refractivity contribution in [1.29, 1.82) is 0 Å². The van der Waals surface area contributed by atoms with Gasteiger partial charge >= 0.3 is 5.97 Å². The van der Waals surface area contributed by atoms with Crippen LogP contribution in [0.15, 0.2) is 89.5 Å². The van der Waals surface area contributed by atoms with Crippen LogP contribution in [0.1, 0.15) is 22.9 Å². The molecule has 0 fully saturated rings. The molecule has 31 heavy (non-hydrogen) atoms. The lowest BCUT2D eigenvalue weighted by atomic mass is 9.99. The van der Waals surface area contributed by atoms with Gasteiger partial charge in [-0.1, -0.05) is 78.0 Å². The number of nitrogens with one attached hydrogen (secondary N) is 1. The zero-order valence-corrected chi connectivity index (χ0v) is 16.9. The van der Waals surface area contributed by atoms with E-state index in [1.165, 1.54) is 0 Å². The summed E-state index contributed by atoms with van der Waals surface area (Å²) < 4.78 is 10.4. The van der Waals surface area contributed by atoms with Crippen LogP contribution >= 0.6 is 0 Å². The van der Waals surface area contributed by atoms with Gasteiger partial charge in [0.2, 0.25) is 0 Å². The van der Waals surface area contributed by atoms with Gasteiger partial charge in [-0.05, 0) is 29.7 Å². The van der Waals surface area contributed by atoms with Crippen LogP contribution in [0.3, 0.4) is 0 Å². The van der Waals surface area contributed by atoms with Crippen LogP contribution in [0.5, 0.6) is 0 Å². The summed E-state index contributed by atoms with van der Waals surface area (Å²) in [6.07, 6.45) is 0.575. The number of aromatic nitrogens is 1. The molecule has 1 aromatic heterocycles. The molecule has 0 saturated carbocycles. The Balaban J connectivity index is 1.35. The van der Waals surface area contributed by atoms with E-state index in [0.717, 1.165) is 16.5 Å². The maximum absolute atomic E-state index is 12.5. The van der Waals surface area contributed by atoms with E-state index in [1.54, 1.807) is 6.07 Å². The third-order valence-electron chi connectivity index (χ3n) is 4.95. The number of esters is 1. The van der Waals surface area contributed by atoms with Gasteiger partial charge in [-0.15, -0.1) is 0 Å². The molecule has 0 bridgehead atoms. The van der Waals surface area contributed by atoms with Crippen molar-refractivity contribution in [3.63, 3.8) is 0 Å². The van der Waals surface area contributed by atoms with E-state index in [-0.39, 0.29) is 25.0 Å². The Hall–Kier alpha value is -3.93. The van der Waals surface area contributed by atoms with E-state index in [9.17, 15) is 9.59 Å². The van der Waals surface area contributed by atoms with Gasteiger partial charge in [0, 0.05) is 5.39 Å². The maximum Gasteiger partial charge on any atom is 0.312 e. The van der Waals surface area contributed by atoms with Gasteiger partial charge in [0.25, 0.3) is 5.91 Å². The van der Waals surface area contributed by atoms with Gasteiger partial charge < -0.3 is 14.6 Å². The number of hydrogen-bond donors (Lipinski definition) is 1. The smallest absolute Gasteiger partial charge is 0.312 e. The molecule has 0 aliphatic carbocycles. The molecule has 1 atom stereocenters. The summed E-state index contributed by atoms with van der Waals surface area (Å²) in [7, 11) is 0. The molecule has 1 N–H and O–H groups in total. The standard InChI is InChI=1S/C25H22N2O4/c28-24(17-30-25(29)16-22-20-13-7-8-14-23(20)31-27-22)26-21(19-11-5-2-6-12-19)15-18-9-3-1-4-10-18/h1-14,21H,15-17H2,(H,26,28)/t21-/m0/s1. The monoisotopic (exact) mass is 414 g/mol. The second-order valence-corrected chi connectivity index (χ2v) is 7.18. The number of para-hydroxylation sites is 1. The summed E-state index contributed by atoms with van der Waals surface area (Å²) in [6, 6.07) is 26.7. The van der Waals surface area contributed by atoms with Crippen molar-refractivity contribution in [3.8, 4) is 0 Å². The molecule has 1 heterocycles. The number of amides is 1. The Morgan fingerprint density at radius 2 is 1.58 bits per heavy atom. The molecule has 3 aromatic carbocycles. The summed E-state index contributed by atoms with van der Waals surface area (Å²) in [5.41, 5.74) is 3.19. The number of rotatable bonds is 8. The lowest BCUT2D eigenvalue weighted by Gasteiger charge is -2.19. The molecule has 6 nitrogen and oxygen atoms in total. The van der Waals surface area contributed by atoms with Crippen molar-refractivity contribution in [1.82, 2.24) is 10.5 Å². The molecule has 0 spiro atoms. The Morgan fingerprint density at radius 1 is 0.903 bits per heavy atom. The molecule has 0 aliphatic rings. The van der Waals surface area contributed by atoms with E-state index in [2.05, 4.69) is 10.5 Å². The predicted octanol–water partition coefficient (Wildman–Crippen LogP) is 4.01. The average molecular weight is 414 g/mol. The van der Waals surface area contributed by atoms with E-state index >= 15 is 0 Å². The van der Waals surface area contributed by atoms with Gasteiger partial charge in [0.15, 0.2) is 12.2 Å². The normalized spacial score (nSPS) is 11.7. The number of carbonyl (C=O) groups excluding carboxylic acids is 2. The molecule has 0 aliphatic heterocycles. The van der Waals surface area contributed by atoms with Crippen molar-refractivity contribution in [2.24, 2.45) is 0 Å². The molecule has 6 heteroatoms. The summed E-state index contributed by atoms with van der Waals surface area (Å²) >= 11 is 0. The minimum Gasteiger partial charge on any atom is -0.455 e. The summed E-state index contributed by atoms with van der Waals surface area (Å²) in [6.45, 7) is -0.354. The number of ether oxygens (including phenoxy) is 1. The van der Waals surface area contributed by atoms with Gasteiger partial charge in [0.05, 0.1) is 12.5 Å². The van der Waals surface area contributed by atoms with E-state index < -0.39 is 5.97 Å². The van der Waals surface area contributed by atoms with Gasteiger partial charge in [-0.2, -0.15) is 0 Å². The van der Waals surface area contributed by atoms with Crippen molar-refractivity contribution < 1.29 is 18.8 Å². The summed E-state index contributed by atoms with van der Waals surface area (Å²) in [4.78, 5) is 24.7. The third-order valence-corrected chi connectivity index (χ3v) is 4.95. The molecule has 4 aromatic rings. The first kappa shape index (κ1) is 20.3. The van der Waals surface area contributed by atoms with Crippen LogP contribution in [0, 0.1) is 0 Å². The highest BCUT2D eigenvalue weighted by Gasteiger charge is 2.18. The van der Waals surface area contributed by atoms with Gasteiger partial charge in [-0.3, -0.25) is 9.59 Å². The van der Waals surface area contributed by atoms with Crippen LogP contribution < -0.4 is 5.32 Å². The zero-order chi connectivity index (χ0) is 21.5. The Morgan fingerprint density at radius 3 is 2.35 bits per heavy atom. The SMILES string of the molecule is O=C(COC(=O)Cc1noc2ccccc12)N[C@@H](Cc1ccccc1)c1ccccc1. The van der Waals surface area contributed by atoms with Crippen LogP contribution in [0.25, 0.3) is 11.0 Å². The first-order valence-corrected chi connectivity index (χ1v) is 10.1. The maximum atomic E-state index is 12.5. The minimum absolute atomic E-state index is 0.0591. The predicted molar refractivity (Wildman–Crippen MR) is 116 cm³/mol. The molecular formula is C25H22N2O4. The largest absolute Gasteiger partial charge is 0.455 e. The number of fused-ring (bicyclic) bond motifs is 1. The van der Waals surface area contributed by atoms with Crippen molar-refractivity contribution in [2.45, 2.75) is 18.9 Å². The van der Waals surface area contributed by atoms with Crippen molar-refractivity contribution in [3.05, 3.63) is 102 Å². The summed E-state index contributed by atoms with van der Waals surface area (Å²) in [5, 5.41) is 7.66. The van der Waals surface area contributed by atoms with Crippen LogP contribution in [0.4, 0.5) is 0 Å². The molecular weight excluding hydrogens is 392 g/mol. The van der Waals surface area contributed by atoms with Crippen molar-refractivity contribution in [2.75, 3.05) is 6.61 Å². The Bertz CT molecular complexity index is 1160. The molecule has 0 radical (unpaired) electrons. The zero-order valence-electron chi connectivity index (χ0n) is 16.9. The highest BCUT2D eigenvalue weighted by Crippen LogP contribution is 2.19. The van der Waals surface area contributed by atoms with E-state index in [0.29, 0.717) is 17.7 Å². The second kappa shape index (κ2) is 9.71. The number of carbonyl (C=O) groups is 2. The highest BCUT2D eigenvalue weighted by molar-refractivity contribution is 5.85. The molecule has 0 saturated heterocycles. The highest BCUT2D eigenvalue weighted by atomic mass is 16.5. The van der Waals surface area contributed by atoms with E-state index in [1.807, 2.05) is 78.9 Å². The fourth-order valence-corrected chi connectivity index (χ4v) is 3.42. The Kier molecular flexibility index (Phi) is 6.38. The van der Waals surface area contributed by atoms with Crippen molar-refractivity contribution >= 4 is 22.8 Å². The fraction of sp³-hybridized carbons (Fsp3) is 0.160. The minimum atomic E-state index is -0.534. The molecule has 0 unspecified atom stereocenters. The molecule has 1 amide bonds. The van der Waals surface area contributed by atoms with Gasteiger partial charge in [0.1, 0.15) is 5.69 Å². The first-order chi connectivity index (χ1) is 15.2. The average Bonchev–Trinajstić information content (AvgIpc) is 3.21. The summed E-state index contributed by atoms with van der Waals surface area (Å²) in [5.74, 6) is -0.892. The van der Waals surface area contributed by atoms with Crippen LogP contribution in [-0.4, -0.2) is 23.6 Å². The number of nitrogens with zero attached hydrogens (tertiary/aromatic N) is 1. The topological polar surface area (TPSA) is 81.4 Å². The number of hydrogen-bond acceptors (Lipinski definition) is 5. The Labute approximate surface area is 179 Å². The lowest BCUT2D eigenvalue weighted by Crippen LogP contribution is -2.33. The number of benzene rings is 3. The quantitative estimate of drug-likeness (QED) is 0.441. The lowest BCUT2D eigenvalue weighted by molar-refractivity contribution is -0.148. The second-order valence-electron chi connectivity index (χ2n) is 7.18. The molecule has 4 rings (SSSR count). The molecule has 156 valence electrons. The fourth-order valence-electron chi connectivity index (χ4n) is 3.42.